The van der Waals surface area contributed by atoms with E-state index in [-0.39, 0.29) is 5.88 Å². The number of allylic oxidation sites excluding steroid dienone is 1. The molecule has 5 nitrogen and oxygen atoms in total. The lowest BCUT2D eigenvalue weighted by Crippen LogP contribution is -2.21. The quantitative estimate of drug-likeness (QED) is 0.421. The van der Waals surface area contributed by atoms with Crippen LogP contribution in [0.25, 0.3) is 22.0 Å². The van der Waals surface area contributed by atoms with Gasteiger partial charge in [0.25, 0.3) is 0 Å². The van der Waals surface area contributed by atoms with Crippen molar-refractivity contribution in [2.45, 2.75) is 5.92 Å². The SMILES string of the molecule is N#CC1=C(N)Oc2n[nH]c(-c3ccc(Cl)c(Cl)c3)c2[C@@H]1c1cccc2ccccc12. The van der Waals surface area contributed by atoms with Crippen LogP contribution in [-0.4, -0.2) is 10.2 Å². The highest BCUT2D eigenvalue weighted by Crippen LogP contribution is 2.47. The molecule has 0 radical (unpaired) electrons. The van der Waals surface area contributed by atoms with E-state index in [4.69, 9.17) is 33.7 Å². The summed E-state index contributed by atoms with van der Waals surface area (Å²) < 4.78 is 5.69. The Bertz CT molecular complexity index is 1380. The van der Waals surface area contributed by atoms with Crippen molar-refractivity contribution in [3.8, 4) is 23.2 Å². The minimum absolute atomic E-state index is 0.0510. The van der Waals surface area contributed by atoms with Gasteiger partial charge in [-0.05, 0) is 28.5 Å². The van der Waals surface area contributed by atoms with Crippen LogP contribution in [0.5, 0.6) is 5.88 Å². The Labute approximate surface area is 182 Å². The summed E-state index contributed by atoms with van der Waals surface area (Å²) in [5, 5.41) is 20.2. The van der Waals surface area contributed by atoms with Gasteiger partial charge in [0.2, 0.25) is 11.8 Å². The Balaban J connectivity index is 1.80. The molecule has 3 N–H and O–H groups in total. The maximum absolute atomic E-state index is 9.93. The molecule has 1 aromatic heterocycles. The zero-order chi connectivity index (χ0) is 20.8. The van der Waals surface area contributed by atoms with E-state index in [0.717, 1.165) is 27.5 Å². The second-order valence-corrected chi connectivity index (χ2v) is 7.75. The fourth-order valence-electron chi connectivity index (χ4n) is 3.93. The number of ether oxygens (including phenoxy) is 1. The number of nitrogens with two attached hydrogens (primary N) is 1. The van der Waals surface area contributed by atoms with E-state index in [1.54, 1.807) is 12.1 Å². The van der Waals surface area contributed by atoms with Crippen LogP contribution >= 0.6 is 23.2 Å². The van der Waals surface area contributed by atoms with Gasteiger partial charge in [0.15, 0.2) is 0 Å². The van der Waals surface area contributed by atoms with Crippen LogP contribution < -0.4 is 10.5 Å². The molecule has 0 aliphatic carbocycles. The maximum atomic E-state index is 9.93. The molecule has 3 aromatic carbocycles. The lowest BCUT2D eigenvalue weighted by Gasteiger charge is -2.25. The summed E-state index contributed by atoms with van der Waals surface area (Å²) >= 11 is 12.3. The van der Waals surface area contributed by atoms with E-state index in [1.807, 2.05) is 48.5 Å². The molecule has 2 heterocycles. The van der Waals surface area contributed by atoms with Crippen molar-refractivity contribution in [2.75, 3.05) is 0 Å². The summed E-state index contributed by atoms with van der Waals surface area (Å²) in [6.45, 7) is 0. The average molecular weight is 433 g/mol. The first kappa shape index (κ1) is 18.6. The fourth-order valence-corrected chi connectivity index (χ4v) is 4.23. The number of nitrogens with one attached hydrogen (secondary N) is 1. The number of aromatic amines is 1. The van der Waals surface area contributed by atoms with Crippen LogP contribution in [-0.2, 0) is 0 Å². The van der Waals surface area contributed by atoms with Crippen LogP contribution in [0.3, 0.4) is 0 Å². The largest absolute Gasteiger partial charge is 0.420 e. The van der Waals surface area contributed by atoms with Crippen molar-refractivity contribution in [1.29, 1.82) is 5.26 Å². The third-order valence-corrected chi connectivity index (χ3v) is 6.02. The van der Waals surface area contributed by atoms with Gasteiger partial charge in [-0.2, -0.15) is 5.26 Å². The normalized spacial score (nSPS) is 15.6. The maximum Gasteiger partial charge on any atom is 0.244 e. The Morgan fingerprint density at radius 1 is 1.03 bits per heavy atom. The van der Waals surface area contributed by atoms with Gasteiger partial charge in [0, 0.05) is 5.56 Å². The van der Waals surface area contributed by atoms with Crippen molar-refractivity contribution >= 4 is 34.0 Å². The molecule has 1 aliphatic rings. The third kappa shape index (κ3) is 2.81. The highest BCUT2D eigenvalue weighted by molar-refractivity contribution is 6.42. The number of halogens is 2. The number of aromatic nitrogens is 2. The zero-order valence-corrected chi connectivity index (χ0v) is 17.0. The number of hydrogen-bond donors (Lipinski definition) is 2. The van der Waals surface area contributed by atoms with Crippen molar-refractivity contribution in [3.05, 3.63) is 93.3 Å². The monoisotopic (exact) mass is 432 g/mol. The number of nitrogens with zero attached hydrogens (tertiary/aromatic N) is 2. The Kier molecular flexibility index (Phi) is 4.39. The van der Waals surface area contributed by atoms with E-state index in [1.165, 1.54) is 0 Å². The van der Waals surface area contributed by atoms with Gasteiger partial charge in [0.1, 0.15) is 11.6 Å². The van der Waals surface area contributed by atoms with Gasteiger partial charge < -0.3 is 10.5 Å². The summed E-state index contributed by atoms with van der Waals surface area (Å²) in [5.74, 6) is -0.0614. The number of rotatable bonds is 2. The van der Waals surface area contributed by atoms with E-state index in [2.05, 4.69) is 16.3 Å². The summed E-state index contributed by atoms with van der Waals surface area (Å²) in [5.41, 5.74) is 9.60. The molecule has 0 saturated heterocycles. The van der Waals surface area contributed by atoms with Crippen LogP contribution in [0.15, 0.2) is 72.1 Å². The Hall–Kier alpha value is -3.46. The van der Waals surface area contributed by atoms with Crippen LogP contribution in [0.4, 0.5) is 0 Å². The molecule has 7 heteroatoms. The van der Waals surface area contributed by atoms with Crippen molar-refractivity contribution in [1.82, 2.24) is 10.2 Å². The molecule has 5 rings (SSSR count). The molecule has 4 aromatic rings. The summed E-state index contributed by atoms with van der Waals surface area (Å²) in [4.78, 5) is 0. The first-order valence-corrected chi connectivity index (χ1v) is 9.93. The highest BCUT2D eigenvalue weighted by atomic mass is 35.5. The molecule has 0 bridgehead atoms. The predicted molar refractivity (Wildman–Crippen MR) is 117 cm³/mol. The summed E-state index contributed by atoms with van der Waals surface area (Å²) in [6.07, 6.45) is 0. The van der Waals surface area contributed by atoms with Gasteiger partial charge in [-0.1, -0.05) is 71.7 Å². The number of fused-ring (bicyclic) bond motifs is 2. The molecule has 146 valence electrons. The average Bonchev–Trinajstić information content (AvgIpc) is 3.17. The third-order valence-electron chi connectivity index (χ3n) is 5.28. The lowest BCUT2D eigenvalue weighted by atomic mass is 9.81. The van der Waals surface area contributed by atoms with E-state index >= 15 is 0 Å². The topological polar surface area (TPSA) is 87.7 Å². The second kappa shape index (κ2) is 7.10. The van der Waals surface area contributed by atoms with Gasteiger partial charge in [-0.15, -0.1) is 5.10 Å². The minimum atomic E-state index is -0.451. The molecule has 0 saturated carbocycles. The molecular formula is C23H14Cl2N4O. The number of benzene rings is 3. The molecule has 0 spiro atoms. The van der Waals surface area contributed by atoms with E-state index < -0.39 is 5.92 Å². The van der Waals surface area contributed by atoms with E-state index in [9.17, 15) is 5.26 Å². The summed E-state index contributed by atoms with van der Waals surface area (Å²) in [7, 11) is 0. The minimum Gasteiger partial charge on any atom is -0.420 e. The molecule has 0 unspecified atom stereocenters. The second-order valence-electron chi connectivity index (χ2n) is 6.94. The molecule has 0 fully saturated rings. The first-order chi connectivity index (χ1) is 14.6. The van der Waals surface area contributed by atoms with Crippen LogP contribution in [0, 0.1) is 11.3 Å². The lowest BCUT2D eigenvalue weighted by molar-refractivity contribution is 0.379. The Morgan fingerprint density at radius 2 is 1.83 bits per heavy atom. The van der Waals surface area contributed by atoms with Gasteiger partial charge in [-0.25, -0.2) is 0 Å². The van der Waals surface area contributed by atoms with E-state index in [0.29, 0.717) is 27.2 Å². The standard InChI is InChI=1S/C23H14Cl2N4O/c24-17-9-8-13(10-18(17)25)21-20-19(16(11-26)22(27)30-23(20)29-28-21)15-7-3-5-12-4-1-2-6-14(12)15/h1-10,19H,27H2,(H,28,29)/t19-/m1/s1. The van der Waals surface area contributed by atoms with Gasteiger partial charge in [-0.3, -0.25) is 5.10 Å². The number of hydrogen-bond acceptors (Lipinski definition) is 4. The number of nitriles is 1. The predicted octanol–water partition coefficient (Wildman–Crippen LogP) is 5.75. The molecular weight excluding hydrogens is 419 g/mol. The van der Waals surface area contributed by atoms with Gasteiger partial charge in [0.05, 0.1) is 27.2 Å². The highest BCUT2D eigenvalue weighted by Gasteiger charge is 2.36. The number of H-pyrrole nitrogens is 1. The van der Waals surface area contributed by atoms with Crippen molar-refractivity contribution in [2.24, 2.45) is 5.73 Å². The zero-order valence-electron chi connectivity index (χ0n) is 15.5. The van der Waals surface area contributed by atoms with Crippen molar-refractivity contribution in [3.63, 3.8) is 0 Å². The van der Waals surface area contributed by atoms with Crippen LogP contribution in [0.2, 0.25) is 10.0 Å². The smallest absolute Gasteiger partial charge is 0.244 e. The summed E-state index contributed by atoms with van der Waals surface area (Å²) in [6, 6.07) is 21.6. The molecule has 0 amide bonds. The van der Waals surface area contributed by atoms with Crippen molar-refractivity contribution < 1.29 is 4.74 Å². The Morgan fingerprint density at radius 3 is 2.63 bits per heavy atom. The molecule has 1 atom stereocenters. The molecule has 30 heavy (non-hydrogen) atoms. The first-order valence-electron chi connectivity index (χ1n) is 9.17. The molecule has 1 aliphatic heterocycles. The van der Waals surface area contributed by atoms with Crippen LogP contribution in [0.1, 0.15) is 17.0 Å². The van der Waals surface area contributed by atoms with Gasteiger partial charge >= 0.3 is 0 Å². The fraction of sp³-hybridized carbons (Fsp3) is 0.0435.